The van der Waals surface area contributed by atoms with Crippen molar-refractivity contribution in [3.63, 3.8) is 0 Å². The van der Waals surface area contributed by atoms with Gasteiger partial charge in [0.1, 0.15) is 5.75 Å². The molecular weight excluding hydrogens is 372 g/mol. The number of esters is 1. The second-order valence-corrected chi connectivity index (χ2v) is 6.17. The van der Waals surface area contributed by atoms with Crippen LogP contribution in [-0.2, 0) is 14.4 Å². The van der Waals surface area contributed by atoms with Crippen LogP contribution in [0.2, 0.25) is 0 Å². The van der Waals surface area contributed by atoms with Gasteiger partial charge in [-0.25, -0.2) is 0 Å². The summed E-state index contributed by atoms with van der Waals surface area (Å²) in [5.41, 5.74) is 7.95. The molecule has 1 atom stereocenters. The number of hydrogen-bond acceptors (Lipinski definition) is 5. The Morgan fingerprint density at radius 1 is 1.41 bits per heavy atom. The number of hydrogen-bond donors (Lipinski definition) is 3. The van der Waals surface area contributed by atoms with Gasteiger partial charge in [-0.15, -0.1) is 12.3 Å². The number of amides is 2. The summed E-state index contributed by atoms with van der Waals surface area (Å²) in [5.74, 6) is 2.04. The van der Waals surface area contributed by atoms with E-state index in [-0.39, 0.29) is 18.2 Å². The summed E-state index contributed by atoms with van der Waals surface area (Å²) >= 11 is 0. The molecule has 8 heteroatoms. The Balaban J connectivity index is 0.000000516. The molecule has 29 heavy (non-hydrogen) atoms. The van der Waals surface area contributed by atoms with Crippen LogP contribution in [0.4, 0.5) is 0 Å². The van der Waals surface area contributed by atoms with E-state index in [9.17, 15) is 14.4 Å². The van der Waals surface area contributed by atoms with Gasteiger partial charge in [-0.05, 0) is 30.7 Å². The smallest absolute Gasteiger partial charge is 0.311 e. The van der Waals surface area contributed by atoms with Crippen LogP contribution < -0.4 is 15.9 Å². The number of aromatic amines is 1. The van der Waals surface area contributed by atoms with Gasteiger partial charge < -0.3 is 15.5 Å². The summed E-state index contributed by atoms with van der Waals surface area (Å²) < 4.78 is 5.30. The van der Waals surface area contributed by atoms with Crippen molar-refractivity contribution in [3.8, 4) is 18.1 Å². The van der Waals surface area contributed by atoms with Gasteiger partial charge in [0.15, 0.2) is 0 Å². The third-order valence-electron chi connectivity index (χ3n) is 3.75. The maximum absolute atomic E-state index is 12.0. The largest absolute Gasteiger partial charge is 0.426 e. The number of nitrogens with one attached hydrogen (secondary N) is 2. The Hall–Kier alpha value is -3.60. The summed E-state index contributed by atoms with van der Waals surface area (Å²) in [6.45, 7) is 2.03. The molecule has 0 bridgehead atoms. The molecule has 0 radical (unpaired) electrons. The molecule has 0 aliphatic carbocycles. The highest BCUT2D eigenvalue weighted by Gasteiger charge is 2.13. The van der Waals surface area contributed by atoms with Crippen LogP contribution in [0.15, 0.2) is 35.6 Å². The van der Waals surface area contributed by atoms with E-state index in [1.807, 2.05) is 25.3 Å². The van der Waals surface area contributed by atoms with Gasteiger partial charge in [0.05, 0.1) is 6.42 Å². The van der Waals surface area contributed by atoms with E-state index >= 15 is 0 Å². The lowest BCUT2D eigenvalue weighted by atomic mass is 10.0. The maximum Gasteiger partial charge on any atom is 0.311 e. The molecule has 8 nitrogen and oxygen atoms in total. The van der Waals surface area contributed by atoms with Crippen LogP contribution >= 0.6 is 0 Å². The number of aromatic nitrogens is 1. The number of hydrazone groups is 1. The first-order valence-electron chi connectivity index (χ1n) is 9.22. The molecule has 0 fully saturated rings. The second kappa shape index (κ2) is 13.6. The Labute approximate surface area is 169 Å². The van der Waals surface area contributed by atoms with E-state index in [1.165, 1.54) is 6.21 Å². The fourth-order valence-corrected chi connectivity index (χ4v) is 2.34. The Morgan fingerprint density at radius 3 is 2.83 bits per heavy atom. The van der Waals surface area contributed by atoms with E-state index in [0.29, 0.717) is 25.0 Å². The topological polar surface area (TPSA) is 127 Å². The minimum atomic E-state index is -0.410. The first kappa shape index (κ1) is 23.4. The Morgan fingerprint density at radius 2 is 2.21 bits per heavy atom. The number of ether oxygens (including phenoxy) is 1. The van der Waals surface area contributed by atoms with Gasteiger partial charge >= 0.3 is 5.97 Å². The third-order valence-corrected chi connectivity index (χ3v) is 3.75. The summed E-state index contributed by atoms with van der Waals surface area (Å²) in [4.78, 5) is 35.1. The summed E-state index contributed by atoms with van der Waals surface area (Å²) in [5, 5.41) is 4.61. The van der Waals surface area contributed by atoms with E-state index in [1.54, 1.807) is 12.1 Å². The van der Waals surface area contributed by atoms with Crippen LogP contribution in [-0.4, -0.2) is 29.5 Å². The van der Waals surface area contributed by atoms with E-state index in [2.05, 4.69) is 21.4 Å². The van der Waals surface area contributed by atoms with Crippen molar-refractivity contribution in [2.24, 2.45) is 16.8 Å². The predicted molar refractivity (Wildman–Crippen MR) is 112 cm³/mol. The zero-order chi connectivity index (χ0) is 21.5. The fraction of sp³-hybridized carbons (Fsp3) is 0.333. The van der Waals surface area contributed by atoms with Gasteiger partial charge in [0.2, 0.25) is 12.3 Å². The number of carbonyl (C=O) groups excluding carboxylic acids is 3. The number of rotatable bonds is 10. The molecule has 0 spiro atoms. The average Bonchev–Trinajstić information content (AvgIpc) is 3.15. The van der Waals surface area contributed by atoms with Crippen molar-refractivity contribution >= 4 is 35.4 Å². The number of carbonyl (C=O) groups is 3. The normalized spacial score (nSPS) is 11.2. The molecule has 4 N–H and O–H groups in total. The minimum absolute atomic E-state index is 0.0827. The molecule has 1 unspecified atom stereocenters. The number of unbranched alkanes of at least 4 members (excludes halogenated alkanes) is 1. The van der Waals surface area contributed by atoms with Gasteiger partial charge in [0, 0.05) is 42.1 Å². The number of benzene rings is 1. The van der Waals surface area contributed by atoms with Gasteiger partial charge in [-0.3, -0.25) is 19.8 Å². The first-order valence-corrected chi connectivity index (χ1v) is 9.22. The zero-order valence-electron chi connectivity index (χ0n) is 16.4. The minimum Gasteiger partial charge on any atom is -0.426 e. The molecule has 2 aromatic rings. The maximum atomic E-state index is 12.0. The van der Waals surface area contributed by atoms with Crippen molar-refractivity contribution in [1.82, 2.24) is 10.4 Å². The van der Waals surface area contributed by atoms with Crippen molar-refractivity contribution < 1.29 is 19.1 Å². The Kier molecular flexibility index (Phi) is 11.0. The number of nitrogens with zero attached hydrogens (tertiary/aromatic N) is 1. The van der Waals surface area contributed by atoms with Crippen LogP contribution in [0.5, 0.6) is 5.75 Å². The highest BCUT2D eigenvalue weighted by Crippen LogP contribution is 2.20. The van der Waals surface area contributed by atoms with Gasteiger partial charge in [-0.1, -0.05) is 13.3 Å². The molecule has 1 heterocycles. The third kappa shape index (κ3) is 9.77. The monoisotopic (exact) mass is 398 g/mol. The molecule has 0 saturated carbocycles. The van der Waals surface area contributed by atoms with Crippen LogP contribution in [0, 0.1) is 18.3 Å². The second-order valence-electron chi connectivity index (χ2n) is 6.17. The number of fused-ring (bicyclic) bond motifs is 1. The van der Waals surface area contributed by atoms with Crippen LogP contribution in [0.1, 0.15) is 39.0 Å². The molecule has 2 amide bonds. The van der Waals surface area contributed by atoms with Crippen LogP contribution in [0.25, 0.3) is 10.9 Å². The lowest BCUT2D eigenvalue weighted by Gasteiger charge is -2.08. The quantitative estimate of drug-likeness (QED) is 0.142. The van der Waals surface area contributed by atoms with Gasteiger partial charge in [-0.2, -0.15) is 5.10 Å². The predicted octanol–water partition coefficient (Wildman–Crippen LogP) is 2.50. The molecular formula is C21H26N4O4. The standard InChI is InChI=1S/C16H15N3O3.C5H11NO/c1-2-3-12(10-18-19-11-20)8-16(21)22-14-4-5-15-13(9-14)6-7-17-15;1-2-3-4-5(6)7/h1,4-7,9-12,17H,3,8H2,(H,19,20);2-4H2,1H3,(H2,6,7). The zero-order valence-corrected chi connectivity index (χ0v) is 16.4. The van der Waals surface area contributed by atoms with Crippen molar-refractivity contribution in [2.45, 2.75) is 39.0 Å². The lowest BCUT2D eigenvalue weighted by Crippen LogP contribution is -2.16. The molecule has 2 rings (SSSR count). The summed E-state index contributed by atoms with van der Waals surface area (Å²) in [6.07, 6.45) is 11.9. The highest BCUT2D eigenvalue weighted by atomic mass is 16.5. The molecule has 0 aliphatic heterocycles. The summed E-state index contributed by atoms with van der Waals surface area (Å²) in [7, 11) is 0. The lowest BCUT2D eigenvalue weighted by molar-refractivity contribution is -0.134. The van der Waals surface area contributed by atoms with Crippen molar-refractivity contribution in [2.75, 3.05) is 0 Å². The van der Waals surface area contributed by atoms with Crippen LogP contribution in [0.3, 0.4) is 0 Å². The molecule has 154 valence electrons. The highest BCUT2D eigenvalue weighted by molar-refractivity contribution is 5.83. The van der Waals surface area contributed by atoms with Gasteiger partial charge in [0.25, 0.3) is 0 Å². The molecule has 1 aromatic carbocycles. The molecule has 0 aliphatic rings. The summed E-state index contributed by atoms with van der Waals surface area (Å²) in [6, 6.07) is 7.23. The van der Waals surface area contributed by atoms with Crippen molar-refractivity contribution in [3.05, 3.63) is 30.5 Å². The SMILES string of the molecule is C#CCC(C=NNC=O)CC(=O)Oc1ccc2[nH]ccc2c1.CCCCC(N)=O. The molecule has 0 saturated heterocycles. The Bertz CT molecular complexity index is 867. The number of primary amides is 1. The first-order chi connectivity index (χ1) is 14.0. The van der Waals surface area contributed by atoms with E-state index in [0.717, 1.165) is 23.7 Å². The van der Waals surface area contributed by atoms with E-state index < -0.39 is 5.97 Å². The molecule has 1 aromatic heterocycles. The van der Waals surface area contributed by atoms with Crippen molar-refractivity contribution in [1.29, 1.82) is 0 Å². The number of nitrogens with two attached hydrogens (primary N) is 1. The van der Waals surface area contributed by atoms with E-state index in [4.69, 9.17) is 16.9 Å². The average molecular weight is 398 g/mol. The number of H-pyrrole nitrogens is 1. The fourth-order valence-electron chi connectivity index (χ4n) is 2.34. The number of terminal acetylenes is 1.